The van der Waals surface area contributed by atoms with Crippen LogP contribution in [0.25, 0.3) is 0 Å². The summed E-state index contributed by atoms with van der Waals surface area (Å²) < 4.78 is 31.0. The minimum absolute atomic E-state index is 0.0293. The molecule has 0 radical (unpaired) electrons. The molecule has 0 bridgehead atoms. The summed E-state index contributed by atoms with van der Waals surface area (Å²) in [6, 6.07) is 4.21. The van der Waals surface area contributed by atoms with Crippen LogP contribution < -0.4 is 10.1 Å². The molecule has 0 aromatic heterocycles. The first-order chi connectivity index (χ1) is 7.15. The van der Waals surface area contributed by atoms with Crippen LogP contribution in [-0.4, -0.2) is 19.7 Å². The Morgan fingerprint density at radius 2 is 2.13 bits per heavy atom. The minimum atomic E-state index is -0.922. The fraction of sp³-hybridized carbons (Fsp3) is 0.455. The zero-order valence-corrected chi connectivity index (χ0v) is 8.89. The Labute approximate surface area is 88.3 Å². The fourth-order valence-corrected chi connectivity index (χ4v) is 1.09. The number of rotatable bonds is 5. The number of benzene rings is 1. The average molecular weight is 215 g/mol. The van der Waals surface area contributed by atoms with Gasteiger partial charge in [-0.2, -0.15) is 4.39 Å². The van der Waals surface area contributed by atoms with Crippen molar-refractivity contribution in [3.63, 3.8) is 0 Å². The first kappa shape index (κ1) is 11.9. The van der Waals surface area contributed by atoms with Crippen molar-refractivity contribution in [2.24, 2.45) is 0 Å². The highest BCUT2D eigenvalue weighted by Crippen LogP contribution is 2.19. The molecule has 84 valence electrons. The van der Waals surface area contributed by atoms with E-state index in [9.17, 15) is 8.78 Å². The van der Waals surface area contributed by atoms with Gasteiger partial charge in [-0.15, -0.1) is 0 Å². The third kappa shape index (κ3) is 3.47. The third-order valence-electron chi connectivity index (χ3n) is 2.22. The lowest BCUT2D eigenvalue weighted by molar-refractivity contribution is 0.276. The summed E-state index contributed by atoms with van der Waals surface area (Å²) in [5.41, 5.74) is 0. The summed E-state index contributed by atoms with van der Waals surface area (Å²) in [7, 11) is 1.84. The second kappa shape index (κ2) is 5.66. The molecule has 4 heteroatoms. The van der Waals surface area contributed by atoms with E-state index in [1.807, 2.05) is 14.0 Å². The van der Waals surface area contributed by atoms with E-state index in [1.165, 1.54) is 12.1 Å². The molecule has 0 amide bonds. The monoisotopic (exact) mass is 215 g/mol. The summed E-state index contributed by atoms with van der Waals surface area (Å²) in [6.07, 6.45) is 0.743. The van der Waals surface area contributed by atoms with Crippen LogP contribution in [0.3, 0.4) is 0 Å². The van der Waals surface area contributed by atoms with Crippen LogP contribution in [0.2, 0.25) is 0 Å². The predicted octanol–water partition coefficient (Wildman–Crippen LogP) is 2.34. The van der Waals surface area contributed by atoms with Gasteiger partial charge in [0.05, 0.1) is 6.61 Å². The van der Waals surface area contributed by atoms with Gasteiger partial charge in [0.2, 0.25) is 5.82 Å². The van der Waals surface area contributed by atoms with Crippen LogP contribution in [0.1, 0.15) is 13.3 Å². The molecule has 1 aromatic carbocycles. The molecule has 2 nitrogen and oxygen atoms in total. The number of ether oxygens (including phenoxy) is 1. The van der Waals surface area contributed by atoms with Crippen LogP contribution in [0.5, 0.6) is 5.75 Å². The van der Waals surface area contributed by atoms with Crippen molar-refractivity contribution in [1.82, 2.24) is 5.32 Å². The van der Waals surface area contributed by atoms with Gasteiger partial charge < -0.3 is 10.1 Å². The summed E-state index contributed by atoms with van der Waals surface area (Å²) in [5.74, 6) is -1.83. The van der Waals surface area contributed by atoms with Crippen LogP contribution in [0, 0.1) is 11.6 Å². The molecular weight excluding hydrogens is 200 g/mol. The summed E-state index contributed by atoms with van der Waals surface area (Å²) in [5, 5.41) is 3.03. The van der Waals surface area contributed by atoms with Crippen LogP contribution in [0.4, 0.5) is 8.78 Å². The molecule has 0 saturated carbocycles. The Kier molecular flexibility index (Phi) is 4.49. The smallest absolute Gasteiger partial charge is 0.200 e. The quantitative estimate of drug-likeness (QED) is 0.814. The van der Waals surface area contributed by atoms with Crippen molar-refractivity contribution in [3.8, 4) is 5.75 Å². The highest BCUT2D eigenvalue weighted by Gasteiger charge is 2.08. The lowest BCUT2D eigenvalue weighted by Gasteiger charge is -2.11. The van der Waals surface area contributed by atoms with Crippen molar-refractivity contribution in [3.05, 3.63) is 29.8 Å². The van der Waals surface area contributed by atoms with Crippen LogP contribution in [0.15, 0.2) is 18.2 Å². The van der Waals surface area contributed by atoms with Gasteiger partial charge in [0, 0.05) is 6.04 Å². The maximum Gasteiger partial charge on any atom is 0.200 e. The number of halogens is 2. The Morgan fingerprint density at radius 1 is 1.40 bits per heavy atom. The van der Waals surface area contributed by atoms with Crippen molar-refractivity contribution in [1.29, 1.82) is 0 Å². The zero-order valence-electron chi connectivity index (χ0n) is 8.89. The van der Waals surface area contributed by atoms with Gasteiger partial charge in [-0.25, -0.2) is 4.39 Å². The summed E-state index contributed by atoms with van der Waals surface area (Å²) in [4.78, 5) is 0. The molecule has 15 heavy (non-hydrogen) atoms. The maximum absolute atomic E-state index is 13.1. The SMILES string of the molecule is CNC(C)CCOc1cccc(F)c1F. The lowest BCUT2D eigenvalue weighted by atomic mass is 10.2. The number of hydrogen-bond acceptors (Lipinski definition) is 2. The molecule has 1 N–H and O–H groups in total. The van der Waals surface area contributed by atoms with Crippen molar-refractivity contribution >= 4 is 0 Å². The van der Waals surface area contributed by atoms with Crippen molar-refractivity contribution in [2.45, 2.75) is 19.4 Å². The maximum atomic E-state index is 13.1. The highest BCUT2D eigenvalue weighted by molar-refractivity contribution is 5.24. The second-order valence-electron chi connectivity index (χ2n) is 3.38. The molecule has 0 aliphatic carbocycles. The number of hydrogen-bond donors (Lipinski definition) is 1. The Hall–Kier alpha value is -1.16. The standard InChI is InChI=1S/C11H15F2NO/c1-8(14-2)6-7-15-10-5-3-4-9(12)11(10)13/h3-5,8,14H,6-7H2,1-2H3. The predicted molar refractivity (Wildman–Crippen MR) is 55.0 cm³/mol. The van der Waals surface area contributed by atoms with E-state index >= 15 is 0 Å². The largest absolute Gasteiger partial charge is 0.490 e. The van der Waals surface area contributed by atoms with Crippen LogP contribution in [-0.2, 0) is 0 Å². The lowest BCUT2D eigenvalue weighted by Crippen LogP contribution is -2.23. The Morgan fingerprint density at radius 3 is 2.80 bits per heavy atom. The first-order valence-corrected chi connectivity index (χ1v) is 4.89. The van der Waals surface area contributed by atoms with Crippen molar-refractivity contribution in [2.75, 3.05) is 13.7 Å². The van der Waals surface area contributed by atoms with E-state index in [-0.39, 0.29) is 5.75 Å². The molecule has 0 heterocycles. The molecule has 0 aliphatic rings. The second-order valence-corrected chi connectivity index (χ2v) is 3.38. The van der Waals surface area contributed by atoms with E-state index < -0.39 is 11.6 Å². The van der Waals surface area contributed by atoms with E-state index in [0.29, 0.717) is 12.6 Å². The fourth-order valence-electron chi connectivity index (χ4n) is 1.09. The van der Waals surface area contributed by atoms with Gasteiger partial charge in [0.1, 0.15) is 0 Å². The van der Waals surface area contributed by atoms with E-state index in [1.54, 1.807) is 0 Å². The summed E-state index contributed by atoms with van der Waals surface area (Å²) in [6.45, 7) is 2.35. The van der Waals surface area contributed by atoms with Gasteiger partial charge in [-0.3, -0.25) is 0 Å². The van der Waals surface area contributed by atoms with Gasteiger partial charge in [-0.1, -0.05) is 6.07 Å². The van der Waals surface area contributed by atoms with Gasteiger partial charge in [-0.05, 0) is 32.5 Å². The van der Waals surface area contributed by atoms with E-state index in [4.69, 9.17) is 4.74 Å². The molecular formula is C11H15F2NO. The first-order valence-electron chi connectivity index (χ1n) is 4.89. The molecule has 1 unspecified atom stereocenters. The zero-order chi connectivity index (χ0) is 11.3. The normalized spacial score (nSPS) is 12.5. The van der Waals surface area contributed by atoms with E-state index in [2.05, 4.69) is 5.32 Å². The van der Waals surface area contributed by atoms with E-state index in [0.717, 1.165) is 12.5 Å². The molecule has 1 atom stereocenters. The van der Waals surface area contributed by atoms with Gasteiger partial charge >= 0.3 is 0 Å². The summed E-state index contributed by atoms with van der Waals surface area (Å²) >= 11 is 0. The van der Waals surface area contributed by atoms with Crippen molar-refractivity contribution < 1.29 is 13.5 Å². The molecule has 0 spiro atoms. The topological polar surface area (TPSA) is 21.3 Å². The highest BCUT2D eigenvalue weighted by atomic mass is 19.2. The number of nitrogens with one attached hydrogen (secondary N) is 1. The Balaban J connectivity index is 2.47. The van der Waals surface area contributed by atoms with Gasteiger partial charge in [0.25, 0.3) is 0 Å². The molecule has 0 aliphatic heterocycles. The Bertz CT molecular complexity index is 317. The van der Waals surface area contributed by atoms with Crippen LogP contribution >= 0.6 is 0 Å². The molecule has 1 aromatic rings. The minimum Gasteiger partial charge on any atom is -0.490 e. The third-order valence-corrected chi connectivity index (χ3v) is 2.22. The molecule has 0 fully saturated rings. The molecule has 1 rings (SSSR count). The average Bonchev–Trinajstić information content (AvgIpc) is 2.24. The molecule has 0 saturated heterocycles. The van der Waals surface area contributed by atoms with Gasteiger partial charge in [0.15, 0.2) is 11.6 Å².